The van der Waals surface area contributed by atoms with Crippen molar-refractivity contribution < 1.29 is 14.6 Å². The number of hydrogen-bond acceptors (Lipinski definition) is 4. The molecule has 0 aromatic heterocycles. The maximum absolute atomic E-state index is 11.7. The number of aliphatic hydroxyl groups excluding tert-OH is 1. The first-order chi connectivity index (χ1) is 8.45. The molecular formula is C13H21ClN2O3. The Morgan fingerprint density at radius 1 is 1.42 bits per heavy atom. The largest absolute Gasteiger partial charge is 0.497 e. The molecule has 108 valence electrons. The van der Waals surface area contributed by atoms with Crippen LogP contribution in [-0.2, 0) is 4.79 Å². The third kappa shape index (κ3) is 5.06. The van der Waals surface area contributed by atoms with Gasteiger partial charge in [-0.1, -0.05) is 12.1 Å². The number of halogens is 1. The Labute approximate surface area is 119 Å². The highest BCUT2D eigenvalue weighted by Gasteiger charge is 2.20. The van der Waals surface area contributed by atoms with Gasteiger partial charge in [0, 0.05) is 0 Å². The summed E-state index contributed by atoms with van der Waals surface area (Å²) in [6.45, 7) is 3.34. The van der Waals surface area contributed by atoms with Gasteiger partial charge in [0.2, 0.25) is 5.91 Å². The second-order valence-electron chi connectivity index (χ2n) is 4.27. The van der Waals surface area contributed by atoms with Crippen LogP contribution < -0.4 is 15.8 Å². The summed E-state index contributed by atoms with van der Waals surface area (Å²) >= 11 is 0. The summed E-state index contributed by atoms with van der Waals surface area (Å²) in [4.78, 5) is 11.7. The highest BCUT2D eigenvalue weighted by atomic mass is 35.5. The molecular weight excluding hydrogens is 268 g/mol. The molecule has 0 unspecified atom stereocenters. The molecule has 3 atom stereocenters. The summed E-state index contributed by atoms with van der Waals surface area (Å²) in [5.74, 6) is 0.355. The van der Waals surface area contributed by atoms with Crippen LogP contribution in [0.15, 0.2) is 24.3 Å². The number of amides is 1. The molecule has 0 aliphatic heterocycles. The van der Waals surface area contributed by atoms with Crippen molar-refractivity contribution in [2.45, 2.75) is 32.0 Å². The Bertz CT molecular complexity index is 413. The minimum absolute atomic E-state index is 0. The zero-order chi connectivity index (χ0) is 13.7. The number of aliphatic hydroxyl groups is 1. The average molecular weight is 289 g/mol. The highest BCUT2D eigenvalue weighted by molar-refractivity contribution is 5.85. The van der Waals surface area contributed by atoms with Crippen LogP contribution in [-0.4, -0.2) is 30.3 Å². The first kappa shape index (κ1) is 17.7. The van der Waals surface area contributed by atoms with E-state index in [0.29, 0.717) is 0 Å². The zero-order valence-electron chi connectivity index (χ0n) is 11.3. The molecule has 4 N–H and O–H groups in total. The average Bonchev–Trinajstić information content (AvgIpc) is 2.37. The molecule has 1 aromatic rings. The van der Waals surface area contributed by atoms with Crippen molar-refractivity contribution in [1.82, 2.24) is 5.32 Å². The molecule has 0 saturated carbocycles. The fraction of sp³-hybridized carbons (Fsp3) is 0.462. The minimum Gasteiger partial charge on any atom is -0.497 e. The summed E-state index contributed by atoms with van der Waals surface area (Å²) in [5.41, 5.74) is 6.47. The number of hydrogen-bond donors (Lipinski definition) is 3. The van der Waals surface area contributed by atoms with E-state index in [9.17, 15) is 9.90 Å². The lowest BCUT2D eigenvalue weighted by Gasteiger charge is -2.19. The zero-order valence-corrected chi connectivity index (χ0v) is 12.1. The Balaban J connectivity index is 0.00000324. The van der Waals surface area contributed by atoms with Crippen molar-refractivity contribution in [1.29, 1.82) is 0 Å². The van der Waals surface area contributed by atoms with Gasteiger partial charge < -0.3 is 20.9 Å². The van der Waals surface area contributed by atoms with Gasteiger partial charge in [0.05, 0.1) is 19.3 Å². The predicted octanol–water partition coefficient (Wildman–Crippen LogP) is 1.00. The molecule has 0 aliphatic rings. The van der Waals surface area contributed by atoms with Gasteiger partial charge in [0.1, 0.15) is 11.8 Å². The highest BCUT2D eigenvalue weighted by Crippen LogP contribution is 2.18. The second-order valence-corrected chi connectivity index (χ2v) is 4.27. The number of rotatable bonds is 5. The number of ether oxygens (including phenoxy) is 1. The molecule has 5 nitrogen and oxygen atoms in total. The molecule has 6 heteroatoms. The minimum atomic E-state index is -0.918. The fourth-order valence-corrected chi connectivity index (χ4v) is 1.52. The molecule has 0 spiro atoms. The van der Waals surface area contributed by atoms with Crippen LogP contribution in [0.4, 0.5) is 0 Å². The van der Waals surface area contributed by atoms with E-state index < -0.39 is 12.1 Å². The van der Waals surface area contributed by atoms with Gasteiger partial charge in [-0.25, -0.2) is 0 Å². The Kier molecular flexibility index (Phi) is 7.44. The van der Waals surface area contributed by atoms with E-state index in [1.165, 1.54) is 6.92 Å². The summed E-state index contributed by atoms with van der Waals surface area (Å²) in [5, 5.41) is 12.0. The van der Waals surface area contributed by atoms with Crippen LogP contribution in [0.5, 0.6) is 5.75 Å². The van der Waals surface area contributed by atoms with Crippen molar-refractivity contribution in [2.75, 3.05) is 7.11 Å². The van der Waals surface area contributed by atoms with E-state index in [4.69, 9.17) is 10.5 Å². The molecule has 1 amide bonds. The van der Waals surface area contributed by atoms with Crippen LogP contribution in [0, 0.1) is 0 Å². The third-order valence-corrected chi connectivity index (χ3v) is 2.78. The summed E-state index contributed by atoms with van der Waals surface area (Å²) in [6, 6.07) is 6.31. The van der Waals surface area contributed by atoms with Crippen molar-refractivity contribution in [3.8, 4) is 5.75 Å². The first-order valence-corrected chi connectivity index (χ1v) is 5.83. The summed E-state index contributed by atoms with van der Waals surface area (Å²) in [6.07, 6.45) is -0.873. The van der Waals surface area contributed by atoms with Gasteiger partial charge in [-0.05, 0) is 31.5 Å². The third-order valence-electron chi connectivity index (χ3n) is 2.78. The molecule has 0 heterocycles. The molecule has 19 heavy (non-hydrogen) atoms. The molecule has 0 fully saturated rings. The lowest BCUT2D eigenvalue weighted by atomic mass is 10.1. The normalized spacial score (nSPS) is 14.8. The van der Waals surface area contributed by atoms with Gasteiger partial charge in [-0.15, -0.1) is 12.4 Å². The molecule has 0 aliphatic carbocycles. The lowest BCUT2D eigenvalue weighted by molar-refractivity contribution is -0.125. The fourth-order valence-electron chi connectivity index (χ4n) is 1.52. The van der Waals surface area contributed by atoms with Crippen molar-refractivity contribution in [3.63, 3.8) is 0 Å². The second kappa shape index (κ2) is 7.99. The summed E-state index contributed by atoms with van der Waals surface area (Å²) < 4.78 is 5.12. The maximum Gasteiger partial charge on any atom is 0.240 e. The first-order valence-electron chi connectivity index (χ1n) is 5.83. The maximum atomic E-state index is 11.7. The van der Waals surface area contributed by atoms with E-state index in [1.54, 1.807) is 7.11 Å². The van der Waals surface area contributed by atoms with Crippen LogP contribution >= 0.6 is 12.4 Å². The number of nitrogens with two attached hydrogens (primary N) is 1. The van der Waals surface area contributed by atoms with Gasteiger partial charge in [-0.3, -0.25) is 4.79 Å². The van der Waals surface area contributed by atoms with Crippen LogP contribution in [0.1, 0.15) is 25.5 Å². The van der Waals surface area contributed by atoms with E-state index in [-0.39, 0.29) is 24.4 Å². The summed E-state index contributed by atoms with van der Waals surface area (Å²) in [7, 11) is 1.59. The van der Waals surface area contributed by atoms with Gasteiger partial charge in [-0.2, -0.15) is 0 Å². The van der Waals surface area contributed by atoms with Gasteiger partial charge in [0.25, 0.3) is 0 Å². The molecule has 1 rings (SSSR count). The van der Waals surface area contributed by atoms with E-state index in [0.717, 1.165) is 11.3 Å². The SMILES string of the molecule is COc1cccc([C@@H](C)NC(=O)[C@H](N)[C@H](C)O)c1.Cl. The Morgan fingerprint density at radius 2 is 2.05 bits per heavy atom. The Morgan fingerprint density at radius 3 is 2.58 bits per heavy atom. The Hall–Kier alpha value is -1.30. The molecule has 1 aromatic carbocycles. The van der Waals surface area contributed by atoms with E-state index in [1.807, 2.05) is 31.2 Å². The quantitative estimate of drug-likeness (QED) is 0.755. The topological polar surface area (TPSA) is 84.6 Å². The van der Waals surface area contributed by atoms with Crippen LogP contribution in [0.2, 0.25) is 0 Å². The van der Waals surface area contributed by atoms with Crippen LogP contribution in [0.25, 0.3) is 0 Å². The van der Waals surface area contributed by atoms with Crippen molar-refractivity contribution >= 4 is 18.3 Å². The molecule has 0 saturated heterocycles. The van der Waals surface area contributed by atoms with Crippen molar-refractivity contribution in [2.24, 2.45) is 5.73 Å². The smallest absolute Gasteiger partial charge is 0.240 e. The van der Waals surface area contributed by atoms with Gasteiger partial charge in [0.15, 0.2) is 0 Å². The van der Waals surface area contributed by atoms with Gasteiger partial charge >= 0.3 is 0 Å². The van der Waals surface area contributed by atoms with Crippen LogP contribution in [0.3, 0.4) is 0 Å². The monoisotopic (exact) mass is 288 g/mol. The number of methoxy groups -OCH3 is 1. The standard InChI is InChI=1S/C13H20N2O3.ClH/c1-8(15-13(17)12(14)9(2)16)10-5-4-6-11(7-10)18-3;/h4-9,12,16H,14H2,1-3H3,(H,15,17);1H/t8-,9+,12-;/m1./s1. The number of nitrogens with one attached hydrogen (secondary N) is 1. The van der Waals surface area contributed by atoms with E-state index in [2.05, 4.69) is 5.32 Å². The van der Waals surface area contributed by atoms with Crippen molar-refractivity contribution in [3.05, 3.63) is 29.8 Å². The number of benzene rings is 1. The molecule has 0 radical (unpaired) electrons. The molecule has 0 bridgehead atoms. The lowest BCUT2D eigenvalue weighted by Crippen LogP contribution is -2.47. The number of carbonyl (C=O) groups excluding carboxylic acids is 1. The predicted molar refractivity (Wildman–Crippen MR) is 76.5 cm³/mol. The number of carbonyl (C=O) groups is 1. The van der Waals surface area contributed by atoms with E-state index >= 15 is 0 Å².